The first kappa shape index (κ1) is 10.0. The summed E-state index contributed by atoms with van der Waals surface area (Å²) in [6.45, 7) is 8.14. The van der Waals surface area contributed by atoms with E-state index in [0.717, 1.165) is 0 Å². The highest BCUT2D eigenvalue weighted by Gasteiger charge is 2.04. The molecule has 0 spiro atoms. The molecular weight excluding hydrogens is 145 g/mol. The van der Waals surface area contributed by atoms with Crippen LogP contribution in [0.2, 0.25) is 0 Å². The largest absolute Gasteiger partial charge is 0.396 e. The summed E-state index contributed by atoms with van der Waals surface area (Å²) in [4.78, 5) is 3.12. The normalized spacial score (nSPS) is 12.3. The van der Waals surface area contributed by atoms with Crippen molar-refractivity contribution in [2.75, 3.05) is 6.61 Å². The lowest BCUT2D eigenvalue weighted by atomic mass is 10.1. The molecular formula is C8H12FNO. The Kier molecular flexibility index (Phi) is 4.38. The number of halogens is 1. The lowest BCUT2D eigenvalue weighted by Crippen LogP contribution is -1.92. The van der Waals surface area contributed by atoms with E-state index in [1.807, 2.05) is 0 Å². The van der Waals surface area contributed by atoms with Gasteiger partial charge in [-0.1, -0.05) is 12.2 Å². The zero-order chi connectivity index (χ0) is 8.85. The van der Waals surface area contributed by atoms with E-state index in [0.29, 0.717) is 11.1 Å². The maximum absolute atomic E-state index is 12.7. The van der Waals surface area contributed by atoms with E-state index in [1.54, 1.807) is 6.92 Å². The van der Waals surface area contributed by atoms with E-state index in [1.165, 1.54) is 0 Å². The Morgan fingerprint density at radius 1 is 1.64 bits per heavy atom. The van der Waals surface area contributed by atoms with Crippen LogP contribution in [0.4, 0.5) is 4.39 Å². The summed E-state index contributed by atoms with van der Waals surface area (Å²) in [6.07, 6.45) is 0.236. The molecule has 11 heavy (non-hydrogen) atoms. The van der Waals surface area contributed by atoms with E-state index in [4.69, 9.17) is 5.11 Å². The van der Waals surface area contributed by atoms with Gasteiger partial charge in [0.15, 0.2) is 0 Å². The molecule has 2 nitrogen and oxygen atoms in total. The Bertz CT molecular complexity index is 196. The van der Waals surface area contributed by atoms with Gasteiger partial charge in [0.2, 0.25) is 5.95 Å². The standard InChI is InChI=1S/C8H12FNO/c1-6(2)7(4-5-11)8(9)10-3/h11H,1,3-5H2,2H3/b8-7-. The molecule has 3 heteroatoms. The Morgan fingerprint density at radius 3 is 2.45 bits per heavy atom. The molecule has 62 valence electrons. The molecule has 0 atom stereocenters. The third kappa shape index (κ3) is 3.09. The minimum absolute atomic E-state index is 0.106. The average Bonchev–Trinajstić information content (AvgIpc) is 1.98. The molecule has 0 saturated heterocycles. The van der Waals surface area contributed by atoms with Crippen LogP contribution >= 0.6 is 0 Å². The van der Waals surface area contributed by atoms with Crippen LogP contribution in [0.15, 0.2) is 28.7 Å². The number of nitrogens with zero attached hydrogens (tertiary/aromatic N) is 1. The third-order valence-electron chi connectivity index (χ3n) is 1.26. The van der Waals surface area contributed by atoms with Crippen molar-refractivity contribution in [1.82, 2.24) is 0 Å². The van der Waals surface area contributed by atoms with Crippen molar-refractivity contribution in [3.8, 4) is 0 Å². The molecule has 0 aliphatic heterocycles. The van der Waals surface area contributed by atoms with Gasteiger partial charge < -0.3 is 5.11 Å². The molecule has 0 saturated carbocycles. The quantitative estimate of drug-likeness (QED) is 0.377. The smallest absolute Gasteiger partial charge is 0.215 e. The minimum Gasteiger partial charge on any atom is -0.396 e. The van der Waals surface area contributed by atoms with Gasteiger partial charge in [0, 0.05) is 18.6 Å². The second-order valence-corrected chi connectivity index (χ2v) is 2.18. The van der Waals surface area contributed by atoms with Gasteiger partial charge in [-0.05, 0) is 13.6 Å². The highest BCUT2D eigenvalue weighted by Crippen LogP contribution is 2.17. The van der Waals surface area contributed by atoms with Crippen LogP contribution in [0.5, 0.6) is 0 Å². The number of hydrogen-bond donors (Lipinski definition) is 1. The van der Waals surface area contributed by atoms with Gasteiger partial charge in [-0.15, -0.1) is 0 Å². The molecule has 0 aliphatic rings. The highest BCUT2D eigenvalue weighted by molar-refractivity contribution is 5.34. The van der Waals surface area contributed by atoms with Gasteiger partial charge in [0.25, 0.3) is 0 Å². The Labute approximate surface area is 65.8 Å². The molecule has 0 aromatic rings. The molecule has 0 aromatic carbocycles. The van der Waals surface area contributed by atoms with Gasteiger partial charge in [-0.3, -0.25) is 0 Å². The van der Waals surface area contributed by atoms with Gasteiger partial charge in [-0.25, -0.2) is 4.99 Å². The number of rotatable bonds is 4. The zero-order valence-corrected chi connectivity index (χ0v) is 6.60. The van der Waals surface area contributed by atoms with Gasteiger partial charge in [-0.2, -0.15) is 4.39 Å². The second-order valence-electron chi connectivity index (χ2n) is 2.18. The van der Waals surface area contributed by atoms with Crippen molar-refractivity contribution in [2.45, 2.75) is 13.3 Å². The SMILES string of the molecule is C=N/C(F)=C(/CCO)C(=C)C. The van der Waals surface area contributed by atoms with E-state index in [9.17, 15) is 4.39 Å². The lowest BCUT2D eigenvalue weighted by Gasteiger charge is -2.03. The van der Waals surface area contributed by atoms with Crippen LogP contribution in [0.25, 0.3) is 0 Å². The van der Waals surface area contributed by atoms with Crippen LogP contribution in [-0.2, 0) is 0 Å². The monoisotopic (exact) mass is 157 g/mol. The Morgan fingerprint density at radius 2 is 2.18 bits per heavy atom. The van der Waals surface area contributed by atoms with Crippen LogP contribution in [0.3, 0.4) is 0 Å². The number of aliphatic imine (C=N–C) groups is 1. The summed E-state index contributed by atoms with van der Waals surface area (Å²) >= 11 is 0. The summed E-state index contributed by atoms with van der Waals surface area (Å²) in [6, 6.07) is 0. The van der Waals surface area contributed by atoms with Crippen LogP contribution in [-0.4, -0.2) is 18.4 Å². The maximum Gasteiger partial charge on any atom is 0.215 e. The van der Waals surface area contributed by atoms with Crippen molar-refractivity contribution in [3.05, 3.63) is 23.7 Å². The predicted octanol–water partition coefficient (Wildman–Crippen LogP) is 1.83. The van der Waals surface area contributed by atoms with Gasteiger partial charge >= 0.3 is 0 Å². The molecule has 0 rings (SSSR count). The van der Waals surface area contributed by atoms with Gasteiger partial charge in [0.05, 0.1) is 0 Å². The molecule has 0 heterocycles. The Balaban J connectivity index is 4.56. The molecule has 0 aliphatic carbocycles. The molecule has 0 bridgehead atoms. The first-order valence-corrected chi connectivity index (χ1v) is 3.25. The van der Waals surface area contributed by atoms with Crippen molar-refractivity contribution < 1.29 is 9.50 Å². The third-order valence-corrected chi connectivity index (χ3v) is 1.26. The maximum atomic E-state index is 12.7. The molecule has 0 fully saturated rings. The first-order chi connectivity index (χ1) is 5.13. The summed E-state index contributed by atoms with van der Waals surface area (Å²) in [5.74, 6) is -0.647. The Hall–Kier alpha value is -0.960. The predicted molar refractivity (Wildman–Crippen MR) is 44.2 cm³/mol. The van der Waals surface area contributed by atoms with E-state index >= 15 is 0 Å². The summed E-state index contributed by atoms with van der Waals surface area (Å²) in [5.41, 5.74) is 0.909. The molecule has 0 radical (unpaired) electrons. The fourth-order valence-corrected chi connectivity index (χ4v) is 0.700. The number of aliphatic hydroxyl groups excluding tert-OH is 1. The van der Waals surface area contributed by atoms with E-state index in [-0.39, 0.29) is 13.0 Å². The topological polar surface area (TPSA) is 32.6 Å². The summed E-state index contributed by atoms with van der Waals surface area (Å²) in [5, 5.41) is 8.53. The highest BCUT2D eigenvalue weighted by atomic mass is 19.1. The average molecular weight is 157 g/mol. The van der Waals surface area contributed by atoms with Crippen molar-refractivity contribution in [2.24, 2.45) is 4.99 Å². The lowest BCUT2D eigenvalue weighted by molar-refractivity contribution is 0.298. The summed E-state index contributed by atoms with van der Waals surface area (Å²) < 4.78 is 12.7. The van der Waals surface area contributed by atoms with Crippen LogP contribution in [0.1, 0.15) is 13.3 Å². The molecule has 1 N–H and O–H groups in total. The molecule has 0 amide bonds. The van der Waals surface area contributed by atoms with Crippen molar-refractivity contribution >= 4 is 6.72 Å². The zero-order valence-electron chi connectivity index (χ0n) is 6.60. The van der Waals surface area contributed by atoms with E-state index in [2.05, 4.69) is 18.3 Å². The fraction of sp³-hybridized carbons (Fsp3) is 0.375. The number of hydrogen-bond acceptors (Lipinski definition) is 2. The van der Waals surface area contributed by atoms with Crippen molar-refractivity contribution in [3.63, 3.8) is 0 Å². The van der Waals surface area contributed by atoms with Gasteiger partial charge in [0.1, 0.15) is 0 Å². The summed E-state index contributed by atoms with van der Waals surface area (Å²) in [7, 11) is 0. The fourth-order valence-electron chi connectivity index (χ4n) is 0.700. The van der Waals surface area contributed by atoms with Crippen LogP contribution < -0.4 is 0 Å². The van der Waals surface area contributed by atoms with Crippen molar-refractivity contribution in [1.29, 1.82) is 0 Å². The second kappa shape index (κ2) is 4.79. The number of allylic oxidation sites excluding steroid dienone is 1. The minimum atomic E-state index is -0.647. The molecule has 0 unspecified atom stereocenters. The number of aliphatic hydroxyl groups is 1. The molecule has 0 aromatic heterocycles. The van der Waals surface area contributed by atoms with E-state index < -0.39 is 5.95 Å². The van der Waals surface area contributed by atoms with Crippen LogP contribution in [0, 0.1) is 0 Å². The first-order valence-electron chi connectivity index (χ1n) is 3.25.